The summed E-state index contributed by atoms with van der Waals surface area (Å²) < 4.78 is 16.1. The van der Waals surface area contributed by atoms with Crippen molar-refractivity contribution < 1.29 is 18.8 Å². The van der Waals surface area contributed by atoms with Crippen LogP contribution in [-0.2, 0) is 17.8 Å². The number of likely N-dealkylation sites (tertiary alicyclic amines) is 1. The first-order chi connectivity index (χ1) is 19.6. The normalized spacial score (nSPS) is 16.8. The van der Waals surface area contributed by atoms with E-state index >= 15 is 0 Å². The fraction of sp³-hybridized carbons (Fsp3) is 0.367. The zero-order valence-corrected chi connectivity index (χ0v) is 23.5. The van der Waals surface area contributed by atoms with Crippen molar-refractivity contribution in [1.82, 2.24) is 34.5 Å². The summed E-state index contributed by atoms with van der Waals surface area (Å²) >= 11 is 0. The number of benzene rings is 1. The van der Waals surface area contributed by atoms with Gasteiger partial charge in [0.2, 0.25) is 5.91 Å². The second-order valence-corrected chi connectivity index (χ2v) is 10.6. The molecule has 11 heteroatoms. The molecular weight excluding hydrogens is 525 g/mol. The van der Waals surface area contributed by atoms with Crippen molar-refractivity contribution in [3.63, 3.8) is 0 Å². The van der Waals surface area contributed by atoms with Crippen LogP contribution in [0.2, 0.25) is 0 Å². The van der Waals surface area contributed by atoms with E-state index in [1.807, 2.05) is 24.3 Å². The number of ketones is 1. The Morgan fingerprint density at radius 2 is 1.83 bits per heavy atom. The van der Waals surface area contributed by atoms with Gasteiger partial charge in [0.25, 0.3) is 5.91 Å². The number of amides is 2. The zero-order chi connectivity index (χ0) is 29.3. The Kier molecular flexibility index (Phi) is 7.87. The molecule has 3 aromatic heterocycles. The smallest absolute Gasteiger partial charge is 0.271 e. The number of rotatable bonds is 8. The Labute approximate surface area is 237 Å². The fourth-order valence-electron chi connectivity index (χ4n) is 5.22. The van der Waals surface area contributed by atoms with Crippen LogP contribution in [-0.4, -0.2) is 85.0 Å². The van der Waals surface area contributed by atoms with Gasteiger partial charge in [0.15, 0.2) is 5.78 Å². The van der Waals surface area contributed by atoms with Gasteiger partial charge in [-0.25, -0.2) is 19.3 Å². The first-order valence-corrected chi connectivity index (χ1v) is 13.5. The van der Waals surface area contributed by atoms with Gasteiger partial charge >= 0.3 is 0 Å². The Morgan fingerprint density at radius 1 is 1.07 bits per heavy atom. The maximum Gasteiger partial charge on any atom is 0.271 e. The van der Waals surface area contributed by atoms with Crippen LogP contribution in [0.3, 0.4) is 0 Å². The Balaban J connectivity index is 1.34. The van der Waals surface area contributed by atoms with E-state index < -0.39 is 6.17 Å². The lowest BCUT2D eigenvalue weighted by Crippen LogP contribution is -2.38. The SMILES string of the molecule is CC(=O)c1nn(CC(=O)N2C[C@H](F)C[C@H]2CCc2cccc(C(=O)N(C)C)n2)c2ccc(-c3cnc(C)nc3)cc12. The van der Waals surface area contributed by atoms with Crippen LogP contribution < -0.4 is 0 Å². The van der Waals surface area contributed by atoms with Crippen molar-refractivity contribution in [1.29, 1.82) is 0 Å². The maximum absolute atomic E-state index is 14.6. The molecule has 0 N–H and O–H groups in total. The molecule has 1 saturated heterocycles. The van der Waals surface area contributed by atoms with Crippen LogP contribution in [0.5, 0.6) is 0 Å². The van der Waals surface area contributed by atoms with Crippen molar-refractivity contribution in [2.24, 2.45) is 0 Å². The number of aryl methyl sites for hydroxylation is 2. The molecule has 2 atom stereocenters. The van der Waals surface area contributed by atoms with E-state index in [9.17, 15) is 18.8 Å². The summed E-state index contributed by atoms with van der Waals surface area (Å²) in [7, 11) is 3.33. The molecule has 0 bridgehead atoms. The summed E-state index contributed by atoms with van der Waals surface area (Å²) in [5, 5.41) is 5.10. The van der Waals surface area contributed by atoms with Crippen molar-refractivity contribution in [3.05, 3.63) is 71.7 Å². The Hall–Kier alpha value is -4.54. The van der Waals surface area contributed by atoms with Crippen LogP contribution in [0.1, 0.15) is 52.3 Å². The van der Waals surface area contributed by atoms with Crippen molar-refractivity contribution in [2.45, 2.75) is 51.9 Å². The highest BCUT2D eigenvalue weighted by Crippen LogP contribution is 2.28. The van der Waals surface area contributed by atoms with E-state index in [4.69, 9.17) is 0 Å². The molecule has 212 valence electrons. The maximum atomic E-state index is 14.6. The molecule has 2 amide bonds. The molecule has 1 aliphatic heterocycles. The van der Waals surface area contributed by atoms with Gasteiger partial charge in [0.1, 0.15) is 29.9 Å². The quantitative estimate of drug-likeness (QED) is 0.304. The van der Waals surface area contributed by atoms with Gasteiger partial charge in [-0.1, -0.05) is 12.1 Å². The molecular formula is C30H32FN7O3. The van der Waals surface area contributed by atoms with Gasteiger partial charge in [-0.2, -0.15) is 5.10 Å². The molecule has 1 aromatic carbocycles. The number of alkyl halides is 1. The number of carbonyl (C=O) groups excluding carboxylic acids is 3. The Bertz CT molecular complexity index is 1620. The van der Waals surface area contributed by atoms with Crippen LogP contribution in [0, 0.1) is 6.92 Å². The van der Waals surface area contributed by atoms with Crippen LogP contribution >= 0.6 is 0 Å². The first kappa shape index (κ1) is 28.0. The van der Waals surface area contributed by atoms with Crippen molar-refractivity contribution in [2.75, 3.05) is 20.6 Å². The standard InChI is InChI=1S/C30H32FN7O3/c1-18(39)29-25-12-20(21-14-32-19(2)33-15-21)8-11-27(25)38(35-29)17-28(40)37-16-22(31)13-24(37)10-9-23-6-5-7-26(34-23)30(41)36(3)4/h5-8,11-12,14-15,22,24H,9-10,13,16-17H2,1-4H3/t22-,24-/m1/s1. The Morgan fingerprint density at radius 3 is 2.54 bits per heavy atom. The van der Waals surface area contributed by atoms with E-state index in [2.05, 4.69) is 20.1 Å². The zero-order valence-electron chi connectivity index (χ0n) is 23.5. The van der Waals surface area contributed by atoms with Crippen molar-refractivity contribution >= 4 is 28.5 Å². The van der Waals surface area contributed by atoms with E-state index in [-0.39, 0.29) is 48.8 Å². The van der Waals surface area contributed by atoms with E-state index in [1.54, 1.807) is 50.4 Å². The predicted octanol–water partition coefficient (Wildman–Crippen LogP) is 3.67. The summed E-state index contributed by atoms with van der Waals surface area (Å²) in [6.07, 6.45) is 3.57. The van der Waals surface area contributed by atoms with Gasteiger partial charge in [-0.05, 0) is 49.6 Å². The lowest BCUT2D eigenvalue weighted by molar-refractivity contribution is -0.133. The minimum Gasteiger partial charge on any atom is -0.343 e. The van der Waals surface area contributed by atoms with Gasteiger partial charge in [0, 0.05) is 62.5 Å². The third-order valence-corrected chi connectivity index (χ3v) is 7.33. The van der Waals surface area contributed by atoms with E-state index in [0.717, 1.165) is 11.1 Å². The van der Waals surface area contributed by atoms with Gasteiger partial charge in [-0.15, -0.1) is 0 Å². The third kappa shape index (κ3) is 5.98. The largest absolute Gasteiger partial charge is 0.343 e. The van der Waals surface area contributed by atoms with Gasteiger partial charge in [0.05, 0.1) is 12.1 Å². The number of halogens is 1. The highest BCUT2D eigenvalue weighted by molar-refractivity contribution is 6.06. The monoisotopic (exact) mass is 557 g/mol. The molecule has 5 rings (SSSR count). The van der Waals surface area contributed by atoms with Crippen LogP contribution in [0.4, 0.5) is 4.39 Å². The summed E-state index contributed by atoms with van der Waals surface area (Å²) in [5.41, 5.74) is 3.60. The number of carbonyl (C=O) groups is 3. The van der Waals surface area contributed by atoms with Gasteiger partial charge < -0.3 is 9.80 Å². The lowest BCUT2D eigenvalue weighted by Gasteiger charge is -2.24. The molecule has 0 aliphatic carbocycles. The van der Waals surface area contributed by atoms with Crippen molar-refractivity contribution in [3.8, 4) is 11.1 Å². The van der Waals surface area contributed by atoms with Crippen LogP contribution in [0.15, 0.2) is 48.8 Å². The minimum atomic E-state index is -1.13. The number of nitrogens with zero attached hydrogens (tertiary/aromatic N) is 7. The highest BCUT2D eigenvalue weighted by atomic mass is 19.1. The number of Topliss-reactive ketones (excluding diaryl/α,β-unsaturated/α-hetero) is 1. The molecule has 4 heterocycles. The van der Waals surface area contributed by atoms with E-state index in [1.165, 1.54) is 16.5 Å². The fourth-order valence-corrected chi connectivity index (χ4v) is 5.22. The average molecular weight is 558 g/mol. The molecule has 0 unspecified atom stereocenters. The summed E-state index contributed by atoms with van der Waals surface area (Å²) in [4.78, 5) is 54.2. The number of hydrogen-bond acceptors (Lipinski definition) is 7. The predicted molar refractivity (Wildman–Crippen MR) is 151 cm³/mol. The molecule has 4 aromatic rings. The minimum absolute atomic E-state index is 0.00637. The number of pyridine rings is 1. The highest BCUT2D eigenvalue weighted by Gasteiger charge is 2.35. The third-order valence-electron chi connectivity index (χ3n) is 7.33. The lowest BCUT2D eigenvalue weighted by atomic mass is 10.0. The second-order valence-electron chi connectivity index (χ2n) is 10.6. The second kappa shape index (κ2) is 11.5. The van der Waals surface area contributed by atoms with Crippen LogP contribution in [0.25, 0.3) is 22.0 Å². The molecule has 1 aliphatic rings. The molecule has 41 heavy (non-hydrogen) atoms. The topological polar surface area (TPSA) is 114 Å². The molecule has 0 saturated carbocycles. The number of fused-ring (bicyclic) bond motifs is 1. The number of hydrogen-bond donors (Lipinski definition) is 0. The first-order valence-electron chi connectivity index (χ1n) is 13.5. The van der Waals surface area contributed by atoms with E-state index in [0.29, 0.717) is 41.0 Å². The summed E-state index contributed by atoms with van der Waals surface area (Å²) in [5.74, 6) is -0.0198. The number of aromatic nitrogens is 5. The molecule has 0 spiro atoms. The van der Waals surface area contributed by atoms with Gasteiger partial charge in [-0.3, -0.25) is 19.1 Å². The molecule has 1 fully saturated rings. The average Bonchev–Trinajstić information content (AvgIpc) is 3.51. The summed E-state index contributed by atoms with van der Waals surface area (Å²) in [6.45, 7) is 3.13. The molecule has 10 nitrogen and oxygen atoms in total. The summed E-state index contributed by atoms with van der Waals surface area (Å²) in [6, 6.07) is 10.5. The molecule has 0 radical (unpaired) electrons.